The molecular formula is C13H17N3O2. The van der Waals surface area contributed by atoms with Crippen LogP contribution in [0, 0.1) is 6.57 Å². The molecule has 0 aliphatic carbocycles. The Morgan fingerprint density at radius 2 is 2.17 bits per heavy atom. The van der Waals surface area contributed by atoms with Gasteiger partial charge >= 0.3 is 6.09 Å². The molecule has 1 amide bonds. The predicted molar refractivity (Wildman–Crippen MR) is 68.2 cm³/mol. The normalized spacial score (nSPS) is 10.6. The quantitative estimate of drug-likeness (QED) is 0.755. The summed E-state index contributed by atoms with van der Waals surface area (Å²) in [4.78, 5) is 20.4. The van der Waals surface area contributed by atoms with Crippen LogP contribution in [-0.2, 0) is 11.3 Å². The summed E-state index contributed by atoms with van der Waals surface area (Å²) in [6, 6.07) is 1.71. The number of hydrogen-bond donors (Lipinski definition) is 0. The lowest BCUT2D eigenvalue weighted by atomic mass is 10.2. The van der Waals surface area contributed by atoms with Crippen LogP contribution in [-0.4, -0.2) is 28.6 Å². The molecule has 0 aliphatic rings. The van der Waals surface area contributed by atoms with Gasteiger partial charge in [0, 0.05) is 26.0 Å². The number of aromatic nitrogens is 1. The molecule has 0 radical (unpaired) electrons. The van der Waals surface area contributed by atoms with E-state index in [1.54, 1.807) is 19.3 Å². The molecule has 18 heavy (non-hydrogen) atoms. The van der Waals surface area contributed by atoms with Crippen molar-refractivity contribution in [2.75, 3.05) is 7.05 Å². The van der Waals surface area contributed by atoms with Gasteiger partial charge in [-0.2, -0.15) is 0 Å². The van der Waals surface area contributed by atoms with Crippen molar-refractivity contribution in [3.63, 3.8) is 0 Å². The lowest BCUT2D eigenvalue weighted by molar-refractivity contribution is 0.0285. The SMILES string of the molecule is [C-]#[N+]c1cncc(CN(C)C(=O)OC(C)(C)C)c1. The monoisotopic (exact) mass is 247 g/mol. The summed E-state index contributed by atoms with van der Waals surface area (Å²) in [6.07, 6.45) is 2.73. The summed E-state index contributed by atoms with van der Waals surface area (Å²) < 4.78 is 5.23. The third-order valence-electron chi connectivity index (χ3n) is 2.03. The minimum atomic E-state index is -0.512. The summed E-state index contributed by atoms with van der Waals surface area (Å²) in [7, 11) is 1.65. The Morgan fingerprint density at radius 3 is 2.72 bits per heavy atom. The molecule has 0 bridgehead atoms. The van der Waals surface area contributed by atoms with E-state index in [9.17, 15) is 4.79 Å². The molecule has 0 saturated carbocycles. The second-order valence-electron chi connectivity index (χ2n) is 5.00. The van der Waals surface area contributed by atoms with Crippen molar-refractivity contribution in [3.05, 3.63) is 35.4 Å². The molecule has 0 fully saturated rings. The Labute approximate surface area is 107 Å². The maximum atomic E-state index is 11.7. The molecule has 5 heteroatoms. The van der Waals surface area contributed by atoms with Crippen molar-refractivity contribution >= 4 is 11.8 Å². The fourth-order valence-electron chi connectivity index (χ4n) is 1.30. The van der Waals surface area contributed by atoms with Crippen LogP contribution in [0.5, 0.6) is 0 Å². The van der Waals surface area contributed by atoms with Crippen LogP contribution >= 0.6 is 0 Å². The zero-order chi connectivity index (χ0) is 13.8. The summed E-state index contributed by atoms with van der Waals surface area (Å²) in [5.41, 5.74) is 0.754. The van der Waals surface area contributed by atoms with Gasteiger partial charge < -0.3 is 9.64 Å². The molecule has 0 aliphatic heterocycles. The van der Waals surface area contributed by atoms with E-state index in [0.29, 0.717) is 12.2 Å². The molecule has 0 atom stereocenters. The highest BCUT2D eigenvalue weighted by atomic mass is 16.6. The molecule has 0 N–H and O–H groups in total. The van der Waals surface area contributed by atoms with E-state index in [4.69, 9.17) is 11.3 Å². The van der Waals surface area contributed by atoms with Gasteiger partial charge in [0.2, 0.25) is 5.69 Å². The Kier molecular flexibility index (Phi) is 4.27. The molecule has 1 aromatic rings. The number of ether oxygens (including phenoxy) is 1. The van der Waals surface area contributed by atoms with Crippen LogP contribution in [0.25, 0.3) is 4.85 Å². The number of hydrogen-bond acceptors (Lipinski definition) is 3. The molecule has 1 aromatic heterocycles. The molecule has 1 heterocycles. The zero-order valence-corrected chi connectivity index (χ0v) is 11.1. The van der Waals surface area contributed by atoms with Gasteiger partial charge in [-0.25, -0.2) is 9.64 Å². The van der Waals surface area contributed by atoms with Crippen LogP contribution in [0.3, 0.4) is 0 Å². The van der Waals surface area contributed by atoms with Crippen molar-refractivity contribution in [2.24, 2.45) is 0 Å². The van der Waals surface area contributed by atoms with E-state index in [-0.39, 0.29) is 0 Å². The number of pyridine rings is 1. The van der Waals surface area contributed by atoms with Crippen molar-refractivity contribution in [1.82, 2.24) is 9.88 Å². The first-order valence-electron chi connectivity index (χ1n) is 5.57. The lowest BCUT2D eigenvalue weighted by Crippen LogP contribution is -2.33. The minimum absolute atomic E-state index is 0.366. The first-order chi connectivity index (χ1) is 8.31. The molecule has 0 spiro atoms. The number of rotatable bonds is 2. The van der Waals surface area contributed by atoms with Crippen LogP contribution < -0.4 is 0 Å². The number of carbonyl (C=O) groups is 1. The van der Waals surface area contributed by atoms with E-state index < -0.39 is 11.7 Å². The Hall–Kier alpha value is -2.09. The average molecular weight is 247 g/mol. The first-order valence-corrected chi connectivity index (χ1v) is 5.57. The largest absolute Gasteiger partial charge is 0.444 e. The highest BCUT2D eigenvalue weighted by molar-refractivity contribution is 5.67. The zero-order valence-electron chi connectivity index (χ0n) is 11.1. The van der Waals surface area contributed by atoms with Gasteiger partial charge in [0.15, 0.2) is 0 Å². The molecule has 0 unspecified atom stereocenters. The smallest absolute Gasteiger partial charge is 0.410 e. The maximum Gasteiger partial charge on any atom is 0.410 e. The Balaban J connectivity index is 2.67. The average Bonchev–Trinajstić information content (AvgIpc) is 2.27. The van der Waals surface area contributed by atoms with Gasteiger partial charge in [-0.05, 0) is 32.4 Å². The summed E-state index contributed by atoms with van der Waals surface area (Å²) in [6.45, 7) is 12.7. The molecular weight excluding hydrogens is 230 g/mol. The van der Waals surface area contributed by atoms with E-state index >= 15 is 0 Å². The number of carbonyl (C=O) groups excluding carboxylic acids is 1. The van der Waals surface area contributed by atoms with Gasteiger partial charge in [0.05, 0.1) is 6.57 Å². The molecule has 5 nitrogen and oxygen atoms in total. The number of amides is 1. The van der Waals surface area contributed by atoms with Gasteiger partial charge in [0.1, 0.15) is 5.60 Å². The van der Waals surface area contributed by atoms with Gasteiger partial charge in [-0.1, -0.05) is 0 Å². The third-order valence-corrected chi connectivity index (χ3v) is 2.03. The minimum Gasteiger partial charge on any atom is -0.444 e. The van der Waals surface area contributed by atoms with Crippen LogP contribution in [0.1, 0.15) is 26.3 Å². The van der Waals surface area contributed by atoms with Crippen molar-refractivity contribution < 1.29 is 9.53 Å². The topological polar surface area (TPSA) is 46.8 Å². The number of nitrogens with zero attached hydrogens (tertiary/aromatic N) is 3. The summed E-state index contributed by atoms with van der Waals surface area (Å²) >= 11 is 0. The second kappa shape index (κ2) is 5.50. The van der Waals surface area contributed by atoms with Gasteiger partial charge in [0.25, 0.3) is 0 Å². The highest BCUT2D eigenvalue weighted by Crippen LogP contribution is 2.14. The predicted octanol–water partition coefficient (Wildman–Crippen LogP) is 3.00. The van der Waals surface area contributed by atoms with Crippen LogP contribution in [0.2, 0.25) is 0 Å². The standard InChI is InChI=1S/C13H17N3O2/c1-13(2,3)18-12(17)16(5)9-10-6-11(14-4)8-15-7-10/h6-8H,9H2,1-3,5H3. The second-order valence-corrected chi connectivity index (χ2v) is 5.00. The summed E-state index contributed by atoms with van der Waals surface area (Å²) in [5, 5.41) is 0. The maximum absolute atomic E-state index is 11.7. The molecule has 1 rings (SSSR count). The van der Waals surface area contributed by atoms with Crippen molar-refractivity contribution in [1.29, 1.82) is 0 Å². The van der Waals surface area contributed by atoms with Crippen molar-refractivity contribution in [2.45, 2.75) is 32.9 Å². The van der Waals surface area contributed by atoms with Gasteiger partial charge in [-0.15, -0.1) is 0 Å². The highest BCUT2D eigenvalue weighted by Gasteiger charge is 2.19. The lowest BCUT2D eigenvalue weighted by Gasteiger charge is -2.24. The molecule has 96 valence electrons. The fourth-order valence-corrected chi connectivity index (χ4v) is 1.30. The van der Waals surface area contributed by atoms with E-state index in [1.807, 2.05) is 20.8 Å². The Morgan fingerprint density at radius 1 is 1.50 bits per heavy atom. The molecule has 0 saturated heterocycles. The van der Waals surface area contributed by atoms with E-state index in [1.165, 1.54) is 11.1 Å². The van der Waals surface area contributed by atoms with Gasteiger partial charge in [-0.3, -0.25) is 4.98 Å². The first kappa shape index (κ1) is 14.0. The van der Waals surface area contributed by atoms with E-state index in [2.05, 4.69) is 9.83 Å². The van der Waals surface area contributed by atoms with E-state index in [0.717, 1.165) is 5.56 Å². The third kappa shape index (κ3) is 4.42. The summed E-state index contributed by atoms with van der Waals surface area (Å²) in [5.74, 6) is 0. The molecule has 0 aromatic carbocycles. The van der Waals surface area contributed by atoms with Crippen LogP contribution in [0.15, 0.2) is 18.5 Å². The van der Waals surface area contributed by atoms with Crippen molar-refractivity contribution in [3.8, 4) is 0 Å². The Bertz CT molecular complexity index is 472. The van der Waals surface area contributed by atoms with Crippen LogP contribution in [0.4, 0.5) is 10.5 Å². The fraction of sp³-hybridized carbons (Fsp3) is 0.462.